The summed E-state index contributed by atoms with van der Waals surface area (Å²) in [4.78, 5) is 35.2. The van der Waals surface area contributed by atoms with E-state index in [1.807, 2.05) is 0 Å². The maximum Gasteiger partial charge on any atom is 0.356 e. The van der Waals surface area contributed by atoms with Gasteiger partial charge in [-0.3, -0.25) is 0 Å². The Kier molecular flexibility index (Phi) is 4.36. The van der Waals surface area contributed by atoms with E-state index in [4.69, 9.17) is 4.74 Å². The van der Waals surface area contributed by atoms with Crippen molar-refractivity contribution in [2.75, 3.05) is 12.4 Å². The number of H-pyrrole nitrogens is 1. The van der Waals surface area contributed by atoms with Crippen LogP contribution in [0.1, 0.15) is 10.5 Å². The van der Waals surface area contributed by atoms with Gasteiger partial charge in [0, 0.05) is 11.8 Å². The summed E-state index contributed by atoms with van der Waals surface area (Å²) >= 11 is 0. The molecule has 29 heavy (non-hydrogen) atoms. The van der Waals surface area contributed by atoms with Gasteiger partial charge in [0.05, 0.1) is 12.8 Å². The minimum absolute atomic E-state index is 0.0158. The molecule has 146 valence electrons. The van der Waals surface area contributed by atoms with E-state index < -0.39 is 11.7 Å². The predicted molar refractivity (Wildman–Crippen MR) is 104 cm³/mol. The number of phenols is 1. The van der Waals surface area contributed by atoms with Gasteiger partial charge in [-0.25, -0.2) is 19.1 Å². The number of ether oxygens (including phenoxy) is 1. The number of aromatic carboxylic acids is 1. The summed E-state index contributed by atoms with van der Waals surface area (Å²) in [6.45, 7) is 0. The first kappa shape index (κ1) is 18.0. The van der Waals surface area contributed by atoms with Crippen LogP contribution in [0.25, 0.3) is 16.9 Å². The maximum absolute atomic E-state index is 12.6. The molecular formula is C19H15N5O5. The van der Waals surface area contributed by atoms with E-state index in [-0.39, 0.29) is 28.6 Å². The molecule has 0 unspecified atom stereocenters. The summed E-state index contributed by atoms with van der Waals surface area (Å²) in [5.74, 6) is -0.955. The van der Waals surface area contributed by atoms with E-state index in [0.29, 0.717) is 17.1 Å². The van der Waals surface area contributed by atoms with Crippen LogP contribution in [-0.4, -0.2) is 42.8 Å². The second kappa shape index (κ2) is 7.00. The molecule has 4 rings (SSSR count). The molecule has 0 fully saturated rings. The summed E-state index contributed by atoms with van der Waals surface area (Å²) in [7, 11) is 1.46. The highest BCUT2D eigenvalue weighted by Crippen LogP contribution is 2.26. The molecular weight excluding hydrogens is 378 g/mol. The monoisotopic (exact) mass is 393 g/mol. The topological polar surface area (TPSA) is 142 Å². The number of phenolic OH excluding ortho intramolecular Hbond substituents is 1. The SMILES string of the molecule is COc1ccccc1-n1c(=O)[nH]c2c(C(=O)O)nc(Nc3cccc(O)c3)nc21. The van der Waals surface area contributed by atoms with E-state index in [1.165, 1.54) is 23.8 Å². The number of carbonyl (C=O) groups is 1. The van der Waals surface area contributed by atoms with Crippen LogP contribution in [0.4, 0.5) is 11.6 Å². The zero-order valence-electron chi connectivity index (χ0n) is 15.1. The van der Waals surface area contributed by atoms with E-state index in [1.54, 1.807) is 36.4 Å². The van der Waals surface area contributed by atoms with Gasteiger partial charge in [0.25, 0.3) is 0 Å². The van der Waals surface area contributed by atoms with Gasteiger partial charge in [-0.05, 0) is 24.3 Å². The molecule has 0 saturated heterocycles. The van der Waals surface area contributed by atoms with Crippen molar-refractivity contribution in [2.24, 2.45) is 0 Å². The van der Waals surface area contributed by atoms with Crippen molar-refractivity contribution in [2.45, 2.75) is 0 Å². The van der Waals surface area contributed by atoms with Crippen molar-refractivity contribution >= 4 is 28.8 Å². The number of methoxy groups -OCH3 is 1. The highest BCUT2D eigenvalue weighted by Gasteiger charge is 2.22. The number of hydrogen-bond acceptors (Lipinski definition) is 7. The molecule has 2 heterocycles. The molecule has 0 aliphatic carbocycles. The number of nitrogens with one attached hydrogen (secondary N) is 2. The summed E-state index contributed by atoms with van der Waals surface area (Å²) in [5.41, 5.74) is -0.0735. The van der Waals surface area contributed by atoms with Gasteiger partial charge < -0.3 is 25.3 Å². The fourth-order valence-electron chi connectivity index (χ4n) is 2.95. The second-order valence-electron chi connectivity index (χ2n) is 6.01. The molecule has 0 bridgehead atoms. The molecule has 0 radical (unpaired) electrons. The number of fused-ring (bicyclic) bond motifs is 1. The first-order valence-corrected chi connectivity index (χ1v) is 8.43. The molecule has 0 spiro atoms. The van der Waals surface area contributed by atoms with Crippen LogP contribution in [0.2, 0.25) is 0 Å². The number of aromatic hydroxyl groups is 1. The van der Waals surface area contributed by atoms with E-state index in [9.17, 15) is 19.8 Å². The Labute approximate surface area is 163 Å². The highest BCUT2D eigenvalue weighted by molar-refractivity contribution is 5.98. The first-order valence-electron chi connectivity index (χ1n) is 8.43. The number of carboxylic acids is 1. The number of imidazole rings is 1. The molecule has 10 nitrogen and oxygen atoms in total. The molecule has 0 atom stereocenters. The lowest BCUT2D eigenvalue weighted by atomic mass is 10.3. The van der Waals surface area contributed by atoms with Crippen LogP contribution < -0.4 is 15.7 Å². The standard InChI is InChI=1S/C19H15N5O5/c1-29-13-8-3-2-7-12(13)24-16-14(22-19(24)28)15(17(26)27)21-18(23-16)20-10-5-4-6-11(25)9-10/h2-9,25H,1H3,(H,22,28)(H,26,27)(H,20,21,23). The summed E-state index contributed by atoms with van der Waals surface area (Å²) in [6.07, 6.45) is 0. The Morgan fingerprint density at radius 3 is 2.69 bits per heavy atom. The quantitative estimate of drug-likeness (QED) is 0.404. The maximum atomic E-state index is 12.6. The van der Waals surface area contributed by atoms with Gasteiger partial charge in [0.1, 0.15) is 17.0 Å². The largest absolute Gasteiger partial charge is 0.508 e. The molecule has 2 aromatic carbocycles. The first-order chi connectivity index (χ1) is 14.0. The zero-order valence-corrected chi connectivity index (χ0v) is 15.1. The van der Waals surface area contributed by atoms with E-state index in [2.05, 4.69) is 20.3 Å². The lowest BCUT2D eigenvalue weighted by Gasteiger charge is -2.10. The van der Waals surface area contributed by atoms with Crippen molar-refractivity contribution in [1.82, 2.24) is 19.5 Å². The van der Waals surface area contributed by atoms with Crippen LogP contribution in [-0.2, 0) is 0 Å². The van der Waals surface area contributed by atoms with Crippen LogP contribution in [0.3, 0.4) is 0 Å². The van der Waals surface area contributed by atoms with E-state index in [0.717, 1.165) is 0 Å². The lowest BCUT2D eigenvalue weighted by molar-refractivity contribution is 0.0692. The van der Waals surface area contributed by atoms with Crippen molar-refractivity contribution < 1.29 is 19.7 Å². The van der Waals surface area contributed by atoms with Crippen LogP contribution in [0, 0.1) is 0 Å². The van der Waals surface area contributed by atoms with Crippen LogP contribution in [0.15, 0.2) is 53.3 Å². The molecule has 2 aromatic heterocycles. The Bertz CT molecular complexity index is 1290. The van der Waals surface area contributed by atoms with Crippen LogP contribution in [0.5, 0.6) is 11.5 Å². The molecule has 0 saturated carbocycles. The number of carboxylic acid groups (broad SMARTS) is 1. The van der Waals surface area contributed by atoms with Gasteiger partial charge in [0.15, 0.2) is 11.3 Å². The number of nitrogens with zero attached hydrogens (tertiary/aromatic N) is 3. The number of para-hydroxylation sites is 2. The van der Waals surface area contributed by atoms with Crippen molar-refractivity contribution in [3.05, 3.63) is 64.7 Å². The number of aromatic nitrogens is 4. The number of anilines is 2. The zero-order chi connectivity index (χ0) is 20.5. The van der Waals surface area contributed by atoms with Crippen LogP contribution >= 0.6 is 0 Å². The summed E-state index contributed by atoms with van der Waals surface area (Å²) < 4.78 is 6.53. The number of aromatic amines is 1. The fraction of sp³-hybridized carbons (Fsp3) is 0.0526. The van der Waals surface area contributed by atoms with Crippen molar-refractivity contribution in [1.29, 1.82) is 0 Å². The Morgan fingerprint density at radius 2 is 1.97 bits per heavy atom. The van der Waals surface area contributed by atoms with Crippen molar-refractivity contribution in [3.8, 4) is 17.2 Å². The predicted octanol–water partition coefficient (Wildman–Crippen LogP) is 2.26. The van der Waals surface area contributed by atoms with Gasteiger partial charge in [-0.1, -0.05) is 18.2 Å². The Morgan fingerprint density at radius 1 is 1.17 bits per heavy atom. The molecule has 0 amide bonds. The lowest BCUT2D eigenvalue weighted by Crippen LogP contribution is -2.16. The third kappa shape index (κ3) is 3.23. The normalized spacial score (nSPS) is 10.8. The third-order valence-corrected chi connectivity index (χ3v) is 4.17. The highest BCUT2D eigenvalue weighted by atomic mass is 16.5. The minimum atomic E-state index is -1.33. The molecule has 10 heteroatoms. The molecule has 4 aromatic rings. The number of rotatable bonds is 5. The van der Waals surface area contributed by atoms with Gasteiger partial charge in [0.2, 0.25) is 5.95 Å². The number of benzene rings is 2. The van der Waals surface area contributed by atoms with Gasteiger partial charge >= 0.3 is 11.7 Å². The summed E-state index contributed by atoms with van der Waals surface area (Å²) in [6, 6.07) is 13.0. The Hall–Kier alpha value is -4.34. The van der Waals surface area contributed by atoms with E-state index >= 15 is 0 Å². The second-order valence-corrected chi connectivity index (χ2v) is 6.01. The molecule has 0 aliphatic rings. The fourth-order valence-corrected chi connectivity index (χ4v) is 2.95. The minimum Gasteiger partial charge on any atom is -0.508 e. The third-order valence-electron chi connectivity index (χ3n) is 4.17. The Balaban J connectivity index is 1.96. The molecule has 4 N–H and O–H groups in total. The summed E-state index contributed by atoms with van der Waals surface area (Å²) in [5, 5.41) is 22.0. The van der Waals surface area contributed by atoms with Gasteiger partial charge in [-0.15, -0.1) is 0 Å². The molecule has 0 aliphatic heterocycles. The van der Waals surface area contributed by atoms with Crippen molar-refractivity contribution in [3.63, 3.8) is 0 Å². The number of hydrogen-bond donors (Lipinski definition) is 4. The average Bonchev–Trinajstić information content (AvgIpc) is 3.02. The van der Waals surface area contributed by atoms with Gasteiger partial charge in [-0.2, -0.15) is 4.98 Å². The average molecular weight is 393 g/mol. The smallest absolute Gasteiger partial charge is 0.356 e.